The molecule has 104 valence electrons. The molecule has 5 heteroatoms. The van der Waals surface area contributed by atoms with E-state index in [-0.39, 0.29) is 18.6 Å². The fraction of sp³-hybridized carbons (Fsp3) is 0.500. The van der Waals surface area contributed by atoms with Gasteiger partial charge in [-0.05, 0) is 5.56 Å². The standard InChI is InChI=1S/C14H20N2O3/c17-11-13(12-4-2-1-3-5-12)15-14(18)10-16-6-8-19-9-7-16/h1-5,13,17H,6-11H2,(H,15,18)/t13-/m1/s1. The highest BCUT2D eigenvalue weighted by molar-refractivity contribution is 5.78. The molecule has 0 radical (unpaired) electrons. The lowest BCUT2D eigenvalue weighted by Gasteiger charge is -2.26. The van der Waals surface area contributed by atoms with E-state index >= 15 is 0 Å². The summed E-state index contributed by atoms with van der Waals surface area (Å²) in [5.41, 5.74) is 0.917. The fourth-order valence-electron chi connectivity index (χ4n) is 2.12. The lowest BCUT2D eigenvalue weighted by molar-refractivity contribution is -0.124. The Labute approximate surface area is 113 Å². The van der Waals surface area contributed by atoms with E-state index in [4.69, 9.17) is 4.74 Å². The minimum absolute atomic E-state index is 0.0650. The Morgan fingerprint density at radius 1 is 1.32 bits per heavy atom. The average molecular weight is 264 g/mol. The summed E-state index contributed by atoms with van der Waals surface area (Å²) >= 11 is 0. The molecule has 1 aliphatic heterocycles. The van der Waals surface area contributed by atoms with Crippen LogP contribution in [0.25, 0.3) is 0 Å². The Bertz CT molecular complexity index is 391. The number of nitrogens with one attached hydrogen (secondary N) is 1. The second-order valence-electron chi connectivity index (χ2n) is 4.60. The fourth-order valence-corrected chi connectivity index (χ4v) is 2.12. The van der Waals surface area contributed by atoms with E-state index in [0.717, 1.165) is 18.7 Å². The van der Waals surface area contributed by atoms with Crippen molar-refractivity contribution >= 4 is 5.91 Å². The molecular weight excluding hydrogens is 244 g/mol. The third-order valence-corrected chi connectivity index (χ3v) is 3.19. The molecule has 1 saturated heterocycles. The maximum absolute atomic E-state index is 11.9. The molecule has 0 spiro atoms. The number of benzene rings is 1. The molecular formula is C14H20N2O3. The summed E-state index contributed by atoms with van der Waals surface area (Å²) in [5, 5.41) is 12.2. The van der Waals surface area contributed by atoms with Crippen molar-refractivity contribution in [3.8, 4) is 0 Å². The highest BCUT2D eigenvalue weighted by atomic mass is 16.5. The largest absolute Gasteiger partial charge is 0.394 e. The number of hydrogen-bond donors (Lipinski definition) is 2. The van der Waals surface area contributed by atoms with Gasteiger partial charge in [-0.3, -0.25) is 9.69 Å². The number of aliphatic hydroxyl groups excluding tert-OH is 1. The van der Waals surface area contributed by atoms with Crippen molar-refractivity contribution in [1.82, 2.24) is 10.2 Å². The first-order valence-electron chi connectivity index (χ1n) is 6.55. The van der Waals surface area contributed by atoms with Crippen LogP contribution >= 0.6 is 0 Å². The average Bonchev–Trinajstić information content (AvgIpc) is 2.47. The highest BCUT2D eigenvalue weighted by Crippen LogP contribution is 2.11. The number of carbonyl (C=O) groups excluding carboxylic acids is 1. The van der Waals surface area contributed by atoms with E-state index in [1.54, 1.807) is 0 Å². The van der Waals surface area contributed by atoms with Crippen LogP contribution in [-0.2, 0) is 9.53 Å². The monoisotopic (exact) mass is 264 g/mol. The molecule has 1 amide bonds. The Hall–Kier alpha value is -1.43. The van der Waals surface area contributed by atoms with Crippen molar-refractivity contribution in [2.24, 2.45) is 0 Å². The van der Waals surface area contributed by atoms with Gasteiger partial charge in [0.1, 0.15) is 0 Å². The molecule has 0 unspecified atom stereocenters. The maximum Gasteiger partial charge on any atom is 0.234 e. The van der Waals surface area contributed by atoms with Gasteiger partial charge < -0.3 is 15.2 Å². The van der Waals surface area contributed by atoms with Crippen LogP contribution in [0.1, 0.15) is 11.6 Å². The van der Waals surface area contributed by atoms with Crippen molar-refractivity contribution in [3.63, 3.8) is 0 Å². The Balaban J connectivity index is 1.85. The van der Waals surface area contributed by atoms with Gasteiger partial charge in [0.15, 0.2) is 0 Å². The van der Waals surface area contributed by atoms with Crippen molar-refractivity contribution in [3.05, 3.63) is 35.9 Å². The molecule has 0 aromatic heterocycles. The lowest BCUT2D eigenvalue weighted by atomic mass is 10.1. The van der Waals surface area contributed by atoms with Crippen molar-refractivity contribution in [2.75, 3.05) is 39.5 Å². The summed E-state index contributed by atoms with van der Waals surface area (Å²) in [6, 6.07) is 9.16. The maximum atomic E-state index is 11.9. The zero-order valence-corrected chi connectivity index (χ0v) is 10.9. The zero-order chi connectivity index (χ0) is 13.5. The van der Waals surface area contributed by atoms with Crippen LogP contribution in [0, 0.1) is 0 Å². The molecule has 0 saturated carbocycles. The van der Waals surface area contributed by atoms with Crippen LogP contribution < -0.4 is 5.32 Å². The van der Waals surface area contributed by atoms with Crippen LogP contribution in [0.5, 0.6) is 0 Å². The second kappa shape index (κ2) is 7.23. The molecule has 1 heterocycles. The first-order valence-corrected chi connectivity index (χ1v) is 6.55. The van der Waals surface area contributed by atoms with Crippen molar-refractivity contribution < 1.29 is 14.6 Å². The number of rotatable bonds is 5. The number of nitrogens with zero attached hydrogens (tertiary/aromatic N) is 1. The molecule has 2 rings (SSSR count). The van der Waals surface area contributed by atoms with Crippen molar-refractivity contribution in [1.29, 1.82) is 0 Å². The molecule has 5 nitrogen and oxygen atoms in total. The van der Waals surface area contributed by atoms with Crippen LogP contribution in [0.2, 0.25) is 0 Å². The molecule has 1 fully saturated rings. The number of morpholine rings is 1. The number of carbonyl (C=O) groups is 1. The first kappa shape index (κ1) is 14.0. The predicted molar refractivity (Wildman–Crippen MR) is 71.7 cm³/mol. The van der Waals surface area contributed by atoms with E-state index in [1.807, 2.05) is 30.3 Å². The molecule has 1 aromatic rings. The summed E-state index contributed by atoms with van der Waals surface area (Å²) in [7, 11) is 0. The van der Waals surface area contributed by atoms with Gasteiger partial charge in [-0.25, -0.2) is 0 Å². The summed E-state index contributed by atoms with van der Waals surface area (Å²) in [5.74, 6) is -0.0650. The Kier molecular flexibility index (Phi) is 5.32. The predicted octanol–water partition coefficient (Wildman–Crippen LogP) is 0.168. The SMILES string of the molecule is O=C(CN1CCOCC1)N[C@H](CO)c1ccccc1. The zero-order valence-electron chi connectivity index (χ0n) is 10.9. The third kappa shape index (κ3) is 4.31. The van der Waals surface area contributed by atoms with Crippen LogP contribution in [0.3, 0.4) is 0 Å². The number of ether oxygens (including phenoxy) is 1. The quantitative estimate of drug-likeness (QED) is 0.796. The van der Waals surface area contributed by atoms with Crippen LogP contribution in [0.4, 0.5) is 0 Å². The van der Waals surface area contributed by atoms with Gasteiger partial charge in [-0.2, -0.15) is 0 Å². The van der Waals surface area contributed by atoms with Gasteiger partial charge in [0.05, 0.1) is 32.4 Å². The van der Waals surface area contributed by atoms with E-state index in [2.05, 4.69) is 10.2 Å². The molecule has 1 atom stereocenters. The third-order valence-electron chi connectivity index (χ3n) is 3.19. The highest BCUT2D eigenvalue weighted by Gasteiger charge is 2.17. The molecule has 1 aliphatic rings. The summed E-state index contributed by atoms with van der Waals surface area (Å²) in [6.45, 7) is 3.17. The van der Waals surface area contributed by atoms with Gasteiger partial charge >= 0.3 is 0 Å². The minimum atomic E-state index is -0.338. The minimum Gasteiger partial charge on any atom is -0.394 e. The number of hydrogen-bond acceptors (Lipinski definition) is 4. The lowest BCUT2D eigenvalue weighted by Crippen LogP contribution is -2.44. The summed E-state index contributed by atoms with van der Waals surface area (Å²) < 4.78 is 5.24. The summed E-state index contributed by atoms with van der Waals surface area (Å²) in [4.78, 5) is 14.0. The van der Waals surface area contributed by atoms with E-state index in [1.165, 1.54) is 0 Å². The molecule has 1 aromatic carbocycles. The normalized spacial score (nSPS) is 17.9. The second-order valence-corrected chi connectivity index (χ2v) is 4.60. The van der Waals surface area contributed by atoms with E-state index < -0.39 is 0 Å². The van der Waals surface area contributed by atoms with Gasteiger partial charge in [0.2, 0.25) is 5.91 Å². The van der Waals surface area contributed by atoms with Gasteiger partial charge in [0, 0.05) is 13.1 Å². The number of amides is 1. The molecule has 0 bridgehead atoms. The summed E-state index contributed by atoms with van der Waals surface area (Å²) in [6.07, 6.45) is 0. The smallest absolute Gasteiger partial charge is 0.234 e. The van der Waals surface area contributed by atoms with Crippen LogP contribution in [-0.4, -0.2) is 55.4 Å². The van der Waals surface area contributed by atoms with Crippen molar-refractivity contribution in [2.45, 2.75) is 6.04 Å². The number of aliphatic hydroxyl groups is 1. The molecule has 0 aliphatic carbocycles. The van der Waals surface area contributed by atoms with E-state index in [0.29, 0.717) is 19.8 Å². The van der Waals surface area contributed by atoms with E-state index in [9.17, 15) is 9.90 Å². The Morgan fingerprint density at radius 2 is 2.00 bits per heavy atom. The topological polar surface area (TPSA) is 61.8 Å². The first-order chi connectivity index (χ1) is 9.29. The van der Waals surface area contributed by atoms with Crippen LogP contribution in [0.15, 0.2) is 30.3 Å². The van der Waals surface area contributed by atoms with Gasteiger partial charge in [-0.1, -0.05) is 30.3 Å². The van der Waals surface area contributed by atoms with Gasteiger partial charge in [0.25, 0.3) is 0 Å². The molecule has 19 heavy (non-hydrogen) atoms. The van der Waals surface area contributed by atoms with Gasteiger partial charge in [-0.15, -0.1) is 0 Å². The molecule has 2 N–H and O–H groups in total. The Morgan fingerprint density at radius 3 is 2.63 bits per heavy atom.